The van der Waals surface area contributed by atoms with E-state index >= 15 is 0 Å². The Morgan fingerprint density at radius 1 is 1.18 bits per heavy atom. The number of ether oxygens (including phenoxy) is 2. The van der Waals surface area contributed by atoms with E-state index in [0.717, 1.165) is 36.6 Å². The molecular formula is C26H33N3O4. The third kappa shape index (κ3) is 4.84. The van der Waals surface area contributed by atoms with Gasteiger partial charge in [-0.25, -0.2) is 0 Å². The van der Waals surface area contributed by atoms with Gasteiger partial charge in [0, 0.05) is 26.2 Å². The van der Waals surface area contributed by atoms with Gasteiger partial charge in [0.05, 0.1) is 36.6 Å². The lowest BCUT2D eigenvalue weighted by Gasteiger charge is -2.22. The second-order valence-electron chi connectivity index (χ2n) is 9.38. The van der Waals surface area contributed by atoms with Gasteiger partial charge in [-0.2, -0.15) is 0 Å². The van der Waals surface area contributed by atoms with E-state index in [9.17, 15) is 9.59 Å². The number of likely N-dealkylation sites (tertiary alicyclic amines) is 1. The molecule has 3 aliphatic rings. The van der Waals surface area contributed by atoms with Gasteiger partial charge in [0.25, 0.3) is 11.8 Å². The van der Waals surface area contributed by atoms with Crippen LogP contribution in [0.25, 0.3) is 0 Å². The molecule has 1 N–H and O–H groups in total. The lowest BCUT2D eigenvalue weighted by atomic mass is 10.0. The summed E-state index contributed by atoms with van der Waals surface area (Å²) in [5.41, 5.74) is 2.97. The summed E-state index contributed by atoms with van der Waals surface area (Å²) in [5, 5.41) is 3.16. The Balaban J connectivity index is 1.32. The van der Waals surface area contributed by atoms with Crippen molar-refractivity contribution in [3.8, 4) is 0 Å². The molecule has 2 unspecified atom stereocenters. The Morgan fingerprint density at radius 3 is 2.76 bits per heavy atom. The fraction of sp³-hybridized carbons (Fsp3) is 0.538. The molecule has 1 aliphatic carbocycles. The Hall–Kier alpha value is -2.64. The summed E-state index contributed by atoms with van der Waals surface area (Å²) in [5.74, 6) is 0.534. The second-order valence-corrected chi connectivity index (χ2v) is 9.38. The summed E-state index contributed by atoms with van der Waals surface area (Å²) in [7, 11) is 0. The molecule has 2 amide bonds. The van der Waals surface area contributed by atoms with Gasteiger partial charge in [-0.1, -0.05) is 37.3 Å². The van der Waals surface area contributed by atoms with Gasteiger partial charge in [0.1, 0.15) is 5.69 Å². The molecule has 1 aromatic heterocycles. The molecule has 1 aromatic carbocycles. The summed E-state index contributed by atoms with van der Waals surface area (Å²) < 4.78 is 13.6. The number of hydrogen-bond donors (Lipinski definition) is 1. The maximum Gasteiger partial charge on any atom is 0.270 e. The Bertz CT molecular complexity index is 998. The molecule has 0 spiro atoms. The van der Waals surface area contributed by atoms with Crippen LogP contribution in [-0.4, -0.2) is 53.7 Å². The third-order valence-corrected chi connectivity index (χ3v) is 6.98. The summed E-state index contributed by atoms with van der Waals surface area (Å²) >= 11 is 0. The second kappa shape index (κ2) is 9.69. The number of carbonyl (C=O) groups is 2. The minimum atomic E-state index is -0.161. The average molecular weight is 452 g/mol. The van der Waals surface area contributed by atoms with Crippen LogP contribution >= 0.6 is 0 Å². The topological polar surface area (TPSA) is 72.8 Å². The highest BCUT2D eigenvalue weighted by Gasteiger charge is 2.33. The molecule has 7 heteroatoms. The number of fused-ring (bicyclic) bond motifs is 1. The van der Waals surface area contributed by atoms with E-state index in [1.54, 1.807) is 6.07 Å². The largest absolute Gasteiger partial charge is 0.376 e. The molecule has 0 bridgehead atoms. The van der Waals surface area contributed by atoms with Crippen molar-refractivity contribution >= 4 is 11.8 Å². The predicted octanol–water partition coefficient (Wildman–Crippen LogP) is 3.54. The molecule has 2 aromatic rings. The van der Waals surface area contributed by atoms with Gasteiger partial charge in [0.15, 0.2) is 0 Å². The average Bonchev–Trinajstić information content (AvgIpc) is 3.42. The molecule has 2 atom stereocenters. The highest BCUT2D eigenvalue weighted by atomic mass is 16.5. The SMILES string of the molecule is CCC(NC(=O)c1cc(C(=O)N2CCC(OCC3CC3)C2)n2c1COCC2)c1ccccc1. The molecule has 7 nitrogen and oxygen atoms in total. The zero-order chi connectivity index (χ0) is 22.8. The lowest BCUT2D eigenvalue weighted by Crippen LogP contribution is -2.33. The molecule has 5 rings (SSSR count). The molecule has 176 valence electrons. The van der Waals surface area contributed by atoms with Crippen LogP contribution in [0.15, 0.2) is 36.4 Å². The first-order chi connectivity index (χ1) is 16.1. The van der Waals surface area contributed by atoms with Crippen molar-refractivity contribution in [2.24, 2.45) is 5.92 Å². The van der Waals surface area contributed by atoms with Crippen molar-refractivity contribution < 1.29 is 19.1 Å². The lowest BCUT2D eigenvalue weighted by molar-refractivity contribution is 0.0472. The van der Waals surface area contributed by atoms with Gasteiger partial charge in [-0.3, -0.25) is 9.59 Å². The zero-order valence-electron chi connectivity index (χ0n) is 19.3. The number of aromatic nitrogens is 1. The Kier molecular flexibility index (Phi) is 6.51. The normalized spacial score (nSPS) is 21.0. The first-order valence-electron chi connectivity index (χ1n) is 12.2. The number of carbonyl (C=O) groups excluding carboxylic acids is 2. The number of hydrogen-bond acceptors (Lipinski definition) is 4. The summed E-state index contributed by atoms with van der Waals surface area (Å²) in [6.07, 6.45) is 4.30. The maximum absolute atomic E-state index is 13.4. The summed E-state index contributed by atoms with van der Waals surface area (Å²) in [6.45, 7) is 5.64. The number of nitrogens with zero attached hydrogens (tertiary/aromatic N) is 2. The third-order valence-electron chi connectivity index (χ3n) is 6.98. The van der Waals surface area contributed by atoms with Crippen molar-refractivity contribution in [1.82, 2.24) is 14.8 Å². The zero-order valence-corrected chi connectivity index (χ0v) is 19.3. The number of benzene rings is 1. The maximum atomic E-state index is 13.4. The Labute approximate surface area is 195 Å². The van der Waals surface area contributed by atoms with Crippen molar-refractivity contribution in [3.63, 3.8) is 0 Å². The van der Waals surface area contributed by atoms with Crippen LogP contribution < -0.4 is 5.32 Å². The van der Waals surface area contributed by atoms with E-state index in [2.05, 4.69) is 12.2 Å². The molecule has 1 saturated carbocycles. The fourth-order valence-electron chi connectivity index (χ4n) is 4.81. The smallest absolute Gasteiger partial charge is 0.270 e. The van der Waals surface area contributed by atoms with Crippen LogP contribution in [0.1, 0.15) is 70.8 Å². The molecule has 33 heavy (non-hydrogen) atoms. The van der Waals surface area contributed by atoms with Crippen LogP contribution in [0.2, 0.25) is 0 Å². The van der Waals surface area contributed by atoms with E-state index < -0.39 is 0 Å². The van der Waals surface area contributed by atoms with E-state index in [1.807, 2.05) is 39.8 Å². The van der Waals surface area contributed by atoms with Crippen molar-refractivity contribution in [2.75, 3.05) is 26.3 Å². The highest BCUT2D eigenvalue weighted by molar-refractivity contribution is 6.01. The molecule has 1 saturated heterocycles. The van der Waals surface area contributed by atoms with Gasteiger partial charge < -0.3 is 24.3 Å². The summed E-state index contributed by atoms with van der Waals surface area (Å²) in [6, 6.07) is 11.7. The van der Waals surface area contributed by atoms with Crippen LogP contribution in [0, 0.1) is 5.92 Å². The molecular weight excluding hydrogens is 418 g/mol. The first kappa shape index (κ1) is 22.2. The fourth-order valence-corrected chi connectivity index (χ4v) is 4.81. The van der Waals surface area contributed by atoms with Gasteiger partial charge in [-0.15, -0.1) is 0 Å². The molecule has 0 radical (unpaired) electrons. The standard InChI is InChI=1S/C26H33N3O4/c1-2-22(19-6-4-3-5-7-19)27-25(30)21-14-23(29-12-13-32-17-24(21)29)26(31)28-11-10-20(15-28)33-16-18-8-9-18/h3-7,14,18,20,22H,2,8-13,15-17H2,1H3,(H,27,30). The summed E-state index contributed by atoms with van der Waals surface area (Å²) in [4.78, 5) is 28.6. The van der Waals surface area contributed by atoms with Gasteiger partial charge in [-0.05, 0) is 43.2 Å². The highest BCUT2D eigenvalue weighted by Crippen LogP contribution is 2.30. The minimum Gasteiger partial charge on any atom is -0.376 e. The Morgan fingerprint density at radius 2 is 2.00 bits per heavy atom. The van der Waals surface area contributed by atoms with E-state index in [1.165, 1.54) is 12.8 Å². The van der Waals surface area contributed by atoms with Crippen LogP contribution in [-0.2, 0) is 22.6 Å². The van der Waals surface area contributed by atoms with Crippen LogP contribution in [0.5, 0.6) is 0 Å². The van der Waals surface area contributed by atoms with Crippen LogP contribution in [0.4, 0.5) is 0 Å². The van der Waals surface area contributed by atoms with E-state index in [-0.39, 0.29) is 24.0 Å². The van der Waals surface area contributed by atoms with Crippen LogP contribution in [0.3, 0.4) is 0 Å². The monoisotopic (exact) mass is 451 g/mol. The number of rotatable bonds is 8. The van der Waals surface area contributed by atoms with E-state index in [0.29, 0.717) is 44.1 Å². The first-order valence-corrected chi connectivity index (χ1v) is 12.2. The number of nitrogens with one attached hydrogen (secondary N) is 1. The van der Waals surface area contributed by atoms with Crippen molar-refractivity contribution in [1.29, 1.82) is 0 Å². The van der Waals surface area contributed by atoms with Crippen molar-refractivity contribution in [3.05, 3.63) is 58.9 Å². The van der Waals surface area contributed by atoms with E-state index in [4.69, 9.17) is 9.47 Å². The molecule has 3 heterocycles. The molecule has 2 aliphatic heterocycles. The van der Waals surface area contributed by atoms with Gasteiger partial charge >= 0.3 is 0 Å². The van der Waals surface area contributed by atoms with Crippen molar-refractivity contribution in [2.45, 2.75) is 57.9 Å². The minimum absolute atomic E-state index is 0.0233. The predicted molar refractivity (Wildman–Crippen MR) is 124 cm³/mol. The van der Waals surface area contributed by atoms with Gasteiger partial charge in [0.2, 0.25) is 0 Å². The molecule has 2 fully saturated rings. The number of amides is 2. The quantitative estimate of drug-likeness (QED) is 0.666.